The molecule has 0 bridgehead atoms. The Morgan fingerprint density at radius 1 is 1.24 bits per heavy atom. The van der Waals surface area contributed by atoms with E-state index in [0.29, 0.717) is 12.1 Å². The average Bonchev–Trinajstić information content (AvgIpc) is 2.45. The minimum atomic E-state index is -0.883. The summed E-state index contributed by atoms with van der Waals surface area (Å²) in [6, 6.07) is 7.03. The van der Waals surface area contributed by atoms with Crippen LogP contribution in [0, 0.1) is 3.57 Å². The highest BCUT2D eigenvalue weighted by Gasteiger charge is 2.17. The summed E-state index contributed by atoms with van der Waals surface area (Å²) in [4.78, 5) is 34.9. The molecular weight excluding hydrogens is 387 g/mol. The Kier molecular flexibility index (Phi) is 7.13. The maximum Gasteiger partial charge on any atom is 0.326 e. The quantitative estimate of drug-likeness (QED) is 0.549. The van der Waals surface area contributed by atoms with E-state index in [9.17, 15) is 14.4 Å². The molecular formula is C14H17IN2O4. The van der Waals surface area contributed by atoms with Crippen LogP contribution in [0.4, 0.5) is 0 Å². The van der Waals surface area contributed by atoms with E-state index in [2.05, 4.69) is 10.6 Å². The first-order valence-corrected chi connectivity index (χ1v) is 7.53. The molecule has 1 aromatic rings. The number of benzene rings is 1. The number of amides is 2. The number of nitrogens with one attached hydrogen (secondary N) is 2. The van der Waals surface area contributed by atoms with Crippen LogP contribution in [0.15, 0.2) is 24.3 Å². The number of carbonyl (C=O) groups excluding carboxylic acids is 3. The Morgan fingerprint density at radius 2 is 1.90 bits per heavy atom. The highest BCUT2D eigenvalue weighted by Crippen LogP contribution is 2.10. The third-order valence-electron chi connectivity index (χ3n) is 2.54. The lowest BCUT2D eigenvalue weighted by Crippen LogP contribution is -2.38. The van der Waals surface area contributed by atoms with Crippen molar-refractivity contribution in [1.29, 1.82) is 0 Å². The summed E-state index contributed by atoms with van der Waals surface area (Å²) < 4.78 is 5.70. The van der Waals surface area contributed by atoms with Crippen molar-refractivity contribution in [2.24, 2.45) is 0 Å². The SMILES string of the molecule is CCNC(=O)[C@H](C)OC(=O)CNC(=O)c1ccccc1I. The van der Waals surface area contributed by atoms with Crippen LogP contribution in [0.2, 0.25) is 0 Å². The van der Waals surface area contributed by atoms with E-state index in [0.717, 1.165) is 3.57 Å². The van der Waals surface area contributed by atoms with Crippen molar-refractivity contribution in [1.82, 2.24) is 10.6 Å². The predicted octanol–water partition coefficient (Wildman–Crippen LogP) is 1.09. The first-order chi connectivity index (χ1) is 9.95. The molecule has 1 atom stereocenters. The van der Waals surface area contributed by atoms with E-state index >= 15 is 0 Å². The Bertz CT molecular complexity index is 533. The van der Waals surface area contributed by atoms with E-state index in [1.807, 2.05) is 28.7 Å². The van der Waals surface area contributed by atoms with Gasteiger partial charge in [0.15, 0.2) is 6.10 Å². The van der Waals surface area contributed by atoms with Gasteiger partial charge < -0.3 is 15.4 Å². The van der Waals surface area contributed by atoms with E-state index in [1.165, 1.54) is 6.92 Å². The largest absolute Gasteiger partial charge is 0.451 e. The van der Waals surface area contributed by atoms with Gasteiger partial charge in [-0.15, -0.1) is 0 Å². The van der Waals surface area contributed by atoms with Crippen LogP contribution < -0.4 is 10.6 Å². The lowest BCUT2D eigenvalue weighted by molar-refractivity contribution is -0.153. The lowest BCUT2D eigenvalue weighted by Gasteiger charge is -2.13. The summed E-state index contributed by atoms with van der Waals surface area (Å²) in [6.07, 6.45) is -0.883. The van der Waals surface area contributed by atoms with E-state index in [4.69, 9.17) is 4.74 Å². The zero-order valence-corrected chi connectivity index (χ0v) is 14.0. The van der Waals surface area contributed by atoms with Gasteiger partial charge in [-0.2, -0.15) is 0 Å². The van der Waals surface area contributed by atoms with Crippen molar-refractivity contribution in [3.63, 3.8) is 0 Å². The van der Waals surface area contributed by atoms with Crippen LogP contribution in [-0.4, -0.2) is 37.0 Å². The number of likely N-dealkylation sites (N-methyl/N-ethyl adjacent to an activating group) is 1. The molecule has 0 aliphatic carbocycles. The molecule has 6 nitrogen and oxygen atoms in total. The third kappa shape index (κ3) is 5.70. The van der Waals surface area contributed by atoms with Gasteiger partial charge in [0.1, 0.15) is 6.54 Å². The van der Waals surface area contributed by atoms with E-state index in [-0.39, 0.29) is 18.4 Å². The molecule has 0 fully saturated rings. The number of ether oxygens (including phenoxy) is 1. The number of carbonyl (C=O) groups is 3. The van der Waals surface area contributed by atoms with Gasteiger partial charge in [0.2, 0.25) is 0 Å². The normalized spacial score (nSPS) is 11.4. The van der Waals surface area contributed by atoms with Gasteiger partial charge in [-0.1, -0.05) is 12.1 Å². The summed E-state index contributed by atoms with van der Waals surface area (Å²) in [7, 11) is 0. The maximum atomic E-state index is 11.9. The molecule has 0 unspecified atom stereocenters. The molecule has 21 heavy (non-hydrogen) atoms. The fourth-order valence-electron chi connectivity index (χ4n) is 1.50. The molecule has 0 saturated carbocycles. The molecule has 7 heteroatoms. The number of hydrogen-bond donors (Lipinski definition) is 2. The summed E-state index contributed by atoms with van der Waals surface area (Å²) >= 11 is 2.04. The van der Waals surface area contributed by atoms with Crippen molar-refractivity contribution >= 4 is 40.4 Å². The van der Waals surface area contributed by atoms with Crippen LogP contribution in [0.25, 0.3) is 0 Å². The maximum absolute atomic E-state index is 11.9. The summed E-state index contributed by atoms with van der Waals surface area (Å²) in [6.45, 7) is 3.43. The minimum absolute atomic E-state index is 0.284. The predicted molar refractivity (Wildman–Crippen MR) is 85.7 cm³/mol. The zero-order valence-electron chi connectivity index (χ0n) is 11.8. The molecule has 0 aliphatic rings. The van der Waals surface area contributed by atoms with Gasteiger partial charge in [-0.3, -0.25) is 14.4 Å². The first-order valence-electron chi connectivity index (χ1n) is 6.45. The van der Waals surface area contributed by atoms with Crippen molar-refractivity contribution in [3.05, 3.63) is 33.4 Å². The van der Waals surface area contributed by atoms with Gasteiger partial charge in [-0.05, 0) is 48.6 Å². The molecule has 114 valence electrons. The molecule has 0 heterocycles. The first kappa shape index (κ1) is 17.4. The fourth-order valence-corrected chi connectivity index (χ4v) is 2.14. The lowest BCUT2D eigenvalue weighted by atomic mass is 10.2. The van der Waals surface area contributed by atoms with Gasteiger partial charge in [0.25, 0.3) is 11.8 Å². The molecule has 0 aliphatic heterocycles. The van der Waals surface area contributed by atoms with Crippen molar-refractivity contribution in [2.45, 2.75) is 20.0 Å². The van der Waals surface area contributed by atoms with Crippen LogP contribution in [0.1, 0.15) is 24.2 Å². The summed E-state index contributed by atoms with van der Waals surface area (Å²) in [5.41, 5.74) is 0.489. The molecule has 1 aromatic carbocycles. The Hall–Kier alpha value is -1.64. The average molecular weight is 404 g/mol. The van der Waals surface area contributed by atoms with Gasteiger partial charge in [-0.25, -0.2) is 0 Å². The van der Waals surface area contributed by atoms with E-state index in [1.54, 1.807) is 25.1 Å². The topological polar surface area (TPSA) is 84.5 Å². The summed E-state index contributed by atoms with van der Waals surface area (Å²) in [5, 5.41) is 5.01. The third-order valence-corrected chi connectivity index (χ3v) is 3.48. The van der Waals surface area contributed by atoms with Crippen molar-refractivity contribution in [2.75, 3.05) is 13.1 Å². The molecule has 2 amide bonds. The van der Waals surface area contributed by atoms with Crippen molar-refractivity contribution < 1.29 is 19.1 Å². The number of esters is 1. The zero-order chi connectivity index (χ0) is 15.8. The molecule has 0 radical (unpaired) electrons. The summed E-state index contributed by atoms with van der Waals surface area (Å²) in [5.74, 6) is -1.38. The number of rotatable bonds is 6. The molecule has 0 spiro atoms. The Balaban J connectivity index is 2.45. The highest BCUT2D eigenvalue weighted by atomic mass is 127. The Morgan fingerprint density at radius 3 is 2.52 bits per heavy atom. The van der Waals surface area contributed by atoms with Gasteiger partial charge in [0.05, 0.1) is 5.56 Å². The standard InChI is InChI=1S/C14H17IN2O4/c1-3-16-13(19)9(2)21-12(18)8-17-14(20)10-6-4-5-7-11(10)15/h4-7,9H,3,8H2,1-2H3,(H,16,19)(H,17,20)/t9-/m0/s1. The van der Waals surface area contributed by atoms with Gasteiger partial charge >= 0.3 is 5.97 Å². The fraction of sp³-hybridized carbons (Fsp3) is 0.357. The molecule has 0 saturated heterocycles. The number of halogens is 1. The Labute approximate surface area is 136 Å². The van der Waals surface area contributed by atoms with Crippen LogP contribution in [0.3, 0.4) is 0 Å². The monoisotopic (exact) mass is 404 g/mol. The van der Waals surface area contributed by atoms with Crippen LogP contribution in [0.5, 0.6) is 0 Å². The molecule has 2 N–H and O–H groups in total. The van der Waals surface area contributed by atoms with Crippen LogP contribution >= 0.6 is 22.6 Å². The minimum Gasteiger partial charge on any atom is -0.451 e. The molecule has 1 rings (SSSR count). The number of hydrogen-bond acceptors (Lipinski definition) is 4. The molecule has 0 aromatic heterocycles. The van der Waals surface area contributed by atoms with Crippen LogP contribution in [-0.2, 0) is 14.3 Å². The second-order valence-corrected chi connectivity index (χ2v) is 5.35. The smallest absolute Gasteiger partial charge is 0.326 e. The van der Waals surface area contributed by atoms with Gasteiger partial charge in [0, 0.05) is 10.1 Å². The second kappa shape index (κ2) is 8.60. The van der Waals surface area contributed by atoms with E-state index < -0.39 is 12.1 Å². The second-order valence-electron chi connectivity index (χ2n) is 4.19. The van der Waals surface area contributed by atoms with Crippen molar-refractivity contribution in [3.8, 4) is 0 Å². The highest BCUT2D eigenvalue weighted by molar-refractivity contribution is 14.1.